The average Bonchev–Trinajstić information content (AvgIpc) is 3.08. The van der Waals surface area contributed by atoms with Crippen LogP contribution in [0.3, 0.4) is 0 Å². The molecular formula is C21H23FN2O3S3. The van der Waals surface area contributed by atoms with Crippen LogP contribution in [-0.4, -0.2) is 42.5 Å². The highest BCUT2D eigenvalue weighted by Crippen LogP contribution is 2.33. The lowest BCUT2D eigenvalue weighted by atomic mass is 10.3. The number of hydrogen-bond donors (Lipinski definition) is 0. The van der Waals surface area contributed by atoms with E-state index in [0.29, 0.717) is 28.5 Å². The molecule has 0 aliphatic carbocycles. The molecule has 30 heavy (non-hydrogen) atoms. The second-order valence-corrected chi connectivity index (χ2v) is 9.42. The SMILES string of the molecule is COc1cc2sc(=NC(=O)CCSc3ccc(F)cc3)n(CCSC)c2cc1OC. The minimum Gasteiger partial charge on any atom is -0.493 e. The van der Waals surface area contributed by atoms with Gasteiger partial charge in [0.05, 0.1) is 24.4 Å². The van der Waals surface area contributed by atoms with E-state index in [1.165, 1.54) is 35.2 Å². The van der Waals surface area contributed by atoms with E-state index in [2.05, 4.69) is 9.56 Å². The minimum atomic E-state index is -0.266. The third kappa shape index (κ3) is 5.59. The summed E-state index contributed by atoms with van der Waals surface area (Å²) < 4.78 is 26.9. The average molecular weight is 467 g/mol. The zero-order chi connectivity index (χ0) is 21.5. The molecule has 0 spiro atoms. The zero-order valence-corrected chi connectivity index (χ0v) is 19.5. The van der Waals surface area contributed by atoms with Crippen molar-refractivity contribution in [2.75, 3.05) is 32.0 Å². The molecule has 2 aromatic carbocycles. The van der Waals surface area contributed by atoms with Gasteiger partial charge in [-0.3, -0.25) is 4.79 Å². The Bertz CT molecular complexity index is 1080. The fourth-order valence-electron chi connectivity index (χ4n) is 2.83. The van der Waals surface area contributed by atoms with Crippen molar-refractivity contribution in [2.45, 2.75) is 17.9 Å². The monoisotopic (exact) mass is 466 g/mol. The molecule has 0 N–H and O–H groups in total. The molecule has 0 atom stereocenters. The van der Waals surface area contributed by atoms with Crippen LogP contribution in [0.2, 0.25) is 0 Å². The maximum Gasteiger partial charge on any atom is 0.249 e. The summed E-state index contributed by atoms with van der Waals surface area (Å²) in [6.07, 6.45) is 2.36. The second-order valence-electron chi connectivity index (χ2n) is 6.26. The second kappa shape index (κ2) is 10.9. The van der Waals surface area contributed by atoms with Crippen molar-refractivity contribution in [1.29, 1.82) is 0 Å². The molecule has 160 valence electrons. The largest absolute Gasteiger partial charge is 0.493 e. The molecule has 1 heterocycles. The molecule has 0 bridgehead atoms. The molecule has 1 aromatic heterocycles. The van der Waals surface area contributed by atoms with Crippen LogP contribution in [0.5, 0.6) is 11.5 Å². The van der Waals surface area contributed by atoms with Crippen molar-refractivity contribution in [2.24, 2.45) is 4.99 Å². The Morgan fingerprint density at radius 1 is 1.13 bits per heavy atom. The molecule has 0 saturated carbocycles. The first-order valence-electron chi connectivity index (χ1n) is 9.26. The standard InChI is InChI=1S/C21H23FN2O3S3/c1-26-17-12-16-19(13-18(17)27-2)30-21(24(16)9-11-28-3)23-20(25)8-10-29-15-6-4-14(22)5-7-15/h4-7,12-13H,8-11H2,1-3H3. The number of carbonyl (C=O) groups is 1. The quantitative estimate of drug-likeness (QED) is 0.423. The van der Waals surface area contributed by atoms with Gasteiger partial charge in [0, 0.05) is 41.5 Å². The molecule has 1 amide bonds. The van der Waals surface area contributed by atoms with E-state index in [0.717, 1.165) is 27.4 Å². The number of halogens is 1. The van der Waals surface area contributed by atoms with Gasteiger partial charge in [0.1, 0.15) is 5.82 Å². The Morgan fingerprint density at radius 2 is 1.83 bits per heavy atom. The molecule has 0 aliphatic rings. The number of aryl methyl sites for hydroxylation is 1. The van der Waals surface area contributed by atoms with Crippen molar-refractivity contribution in [3.05, 3.63) is 47.0 Å². The first-order chi connectivity index (χ1) is 14.5. The molecule has 3 aromatic rings. The van der Waals surface area contributed by atoms with Gasteiger partial charge < -0.3 is 14.0 Å². The summed E-state index contributed by atoms with van der Waals surface area (Å²) in [5, 5.41) is 0. The molecule has 0 radical (unpaired) electrons. The lowest BCUT2D eigenvalue weighted by molar-refractivity contribution is -0.117. The topological polar surface area (TPSA) is 52.8 Å². The molecule has 3 rings (SSSR count). The summed E-state index contributed by atoms with van der Waals surface area (Å²) in [6, 6.07) is 10.1. The maximum absolute atomic E-state index is 13.0. The Balaban J connectivity index is 1.83. The predicted octanol–water partition coefficient (Wildman–Crippen LogP) is 4.83. The summed E-state index contributed by atoms with van der Waals surface area (Å²) in [4.78, 5) is 18.5. The van der Waals surface area contributed by atoms with Gasteiger partial charge in [0.25, 0.3) is 0 Å². The van der Waals surface area contributed by atoms with Gasteiger partial charge in [-0.15, -0.1) is 11.8 Å². The van der Waals surface area contributed by atoms with Gasteiger partial charge >= 0.3 is 0 Å². The van der Waals surface area contributed by atoms with E-state index in [1.807, 2.05) is 18.4 Å². The normalized spacial score (nSPS) is 11.8. The number of amides is 1. The van der Waals surface area contributed by atoms with Crippen LogP contribution in [-0.2, 0) is 11.3 Å². The summed E-state index contributed by atoms with van der Waals surface area (Å²) in [5.41, 5.74) is 0.971. The van der Waals surface area contributed by atoms with Gasteiger partial charge in [-0.2, -0.15) is 16.8 Å². The van der Waals surface area contributed by atoms with E-state index in [-0.39, 0.29) is 11.7 Å². The number of fused-ring (bicyclic) bond motifs is 1. The number of thiazole rings is 1. The first-order valence-corrected chi connectivity index (χ1v) is 12.5. The molecule has 0 saturated heterocycles. The Hall–Kier alpha value is -1.97. The van der Waals surface area contributed by atoms with Crippen LogP contribution in [0.25, 0.3) is 10.2 Å². The summed E-state index contributed by atoms with van der Waals surface area (Å²) in [6.45, 7) is 0.743. The first kappa shape index (κ1) is 22.7. The predicted molar refractivity (Wildman–Crippen MR) is 124 cm³/mol. The number of hydrogen-bond acceptors (Lipinski definition) is 6. The number of carbonyl (C=O) groups excluding carboxylic acids is 1. The van der Waals surface area contributed by atoms with Gasteiger partial charge in [-0.1, -0.05) is 11.3 Å². The number of methoxy groups -OCH3 is 2. The number of rotatable bonds is 9. The summed E-state index contributed by atoms with van der Waals surface area (Å²) in [5.74, 6) is 2.35. The highest BCUT2D eigenvalue weighted by molar-refractivity contribution is 7.99. The Labute approximate surface area is 187 Å². The number of ether oxygens (including phenoxy) is 2. The number of nitrogens with zero attached hydrogens (tertiary/aromatic N) is 2. The molecule has 0 fully saturated rings. The van der Waals surface area contributed by atoms with Gasteiger partial charge in [0.15, 0.2) is 16.3 Å². The summed E-state index contributed by atoms with van der Waals surface area (Å²) in [7, 11) is 3.21. The lowest BCUT2D eigenvalue weighted by Gasteiger charge is -2.09. The van der Waals surface area contributed by atoms with E-state index < -0.39 is 0 Å². The minimum absolute atomic E-state index is 0.173. The van der Waals surface area contributed by atoms with Crippen LogP contribution in [0, 0.1) is 5.82 Å². The fraction of sp³-hybridized carbons (Fsp3) is 0.333. The van der Waals surface area contributed by atoms with Crippen LogP contribution in [0.1, 0.15) is 6.42 Å². The van der Waals surface area contributed by atoms with Crippen molar-refractivity contribution in [3.63, 3.8) is 0 Å². The van der Waals surface area contributed by atoms with Crippen molar-refractivity contribution in [3.8, 4) is 11.5 Å². The van der Waals surface area contributed by atoms with Crippen LogP contribution < -0.4 is 14.3 Å². The third-order valence-electron chi connectivity index (χ3n) is 4.33. The zero-order valence-electron chi connectivity index (χ0n) is 17.0. The third-order valence-corrected chi connectivity index (χ3v) is 6.97. The van der Waals surface area contributed by atoms with E-state index in [4.69, 9.17) is 9.47 Å². The molecule has 0 unspecified atom stereocenters. The van der Waals surface area contributed by atoms with Crippen molar-refractivity contribution in [1.82, 2.24) is 4.57 Å². The lowest BCUT2D eigenvalue weighted by Crippen LogP contribution is -2.18. The van der Waals surface area contributed by atoms with E-state index >= 15 is 0 Å². The molecule has 5 nitrogen and oxygen atoms in total. The summed E-state index contributed by atoms with van der Waals surface area (Å²) >= 11 is 4.72. The fourth-order valence-corrected chi connectivity index (χ4v) is 5.12. The van der Waals surface area contributed by atoms with Crippen LogP contribution in [0.15, 0.2) is 46.3 Å². The van der Waals surface area contributed by atoms with Gasteiger partial charge in [-0.05, 0) is 30.5 Å². The Morgan fingerprint density at radius 3 is 2.50 bits per heavy atom. The highest BCUT2D eigenvalue weighted by atomic mass is 32.2. The van der Waals surface area contributed by atoms with Crippen LogP contribution >= 0.6 is 34.9 Å². The number of aromatic nitrogens is 1. The Kier molecular flexibility index (Phi) is 8.24. The van der Waals surface area contributed by atoms with E-state index in [1.54, 1.807) is 38.1 Å². The maximum atomic E-state index is 13.0. The smallest absolute Gasteiger partial charge is 0.249 e. The van der Waals surface area contributed by atoms with E-state index in [9.17, 15) is 9.18 Å². The highest BCUT2D eigenvalue weighted by Gasteiger charge is 2.13. The van der Waals surface area contributed by atoms with Gasteiger partial charge in [-0.25, -0.2) is 4.39 Å². The molecule has 0 aliphatic heterocycles. The molecular weight excluding hydrogens is 443 g/mol. The van der Waals surface area contributed by atoms with Gasteiger partial charge in [0.2, 0.25) is 5.91 Å². The van der Waals surface area contributed by atoms with Crippen LogP contribution in [0.4, 0.5) is 4.39 Å². The molecule has 9 heteroatoms. The van der Waals surface area contributed by atoms with Crippen molar-refractivity contribution >= 4 is 51.0 Å². The number of thioether (sulfide) groups is 2. The number of benzene rings is 2. The van der Waals surface area contributed by atoms with Crippen molar-refractivity contribution < 1.29 is 18.7 Å².